The van der Waals surface area contributed by atoms with E-state index in [1.807, 2.05) is 72.0 Å². The standard InChI is InChI=1S/C53H33N5S/c1-4-13-35(14-5-1)51-54-52(36-15-6-2-7-16-36)56-53(55-51)39-18-12-17-37(29-39)34-23-25-41(26-24-34)58-47-31-45-42-21-10-11-22-49(42)59-50(45)32-44(47)43-30-38-27-28-57(46(38)33-48(43)58)40-19-8-3-9-20-40/h1-33H. The minimum absolute atomic E-state index is 0.639. The summed E-state index contributed by atoms with van der Waals surface area (Å²) in [6.07, 6.45) is 2.18. The topological polar surface area (TPSA) is 48.5 Å². The Bertz CT molecular complexity index is 3470. The van der Waals surface area contributed by atoms with Crippen molar-refractivity contribution in [1.29, 1.82) is 0 Å². The van der Waals surface area contributed by atoms with Crippen LogP contribution in [0.25, 0.3) is 110 Å². The van der Waals surface area contributed by atoms with Crippen LogP contribution in [0.2, 0.25) is 0 Å². The molecule has 0 bridgehead atoms. The van der Waals surface area contributed by atoms with Gasteiger partial charge in [-0.2, -0.15) is 0 Å². The number of benzene rings is 8. The fourth-order valence-corrected chi connectivity index (χ4v) is 9.66. The van der Waals surface area contributed by atoms with Crippen molar-refractivity contribution >= 4 is 64.2 Å². The lowest BCUT2D eigenvalue weighted by atomic mass is 10.0. The molecule has 0 N–H and O–H groups in total. The fraction of sp³-hybridized carbons (Fsp3) is 0. The number of aromatic nitrogens is 5. The van der Waals surface area contributed by atoms with Gasteiger partial charge in [-0.3, -0.25) is 0 Å². The number of para-hydroxylation sites is 1. The molecule has 0 radical (unpaired) electrons. The van der Waals surface area contributed by atoms with E-state index in [0.29, 0.717) is 17.5 Å². The van der Waals surface area contributed by atoms with Crippen LogP contribution in [0, 0.1) is 0 Å². The van der Waals surface area contributed by atoms with Crippen LogP contribution in [0.5, 0.6) is 0 Å². The lowest BCUT2D eigenvalue weighted by Gasteiger charge is -2.12. The Morgan fingerprint density at radius 1 is 0.339 bits per heavy atom. The first-order valence-electron chi connectivity index (χ1n) is 19.8. The quantitative estimate of drug-likeness (QED) is 0.169. The molecule has 0 fully saturated rings. The lowest BCUT2D eigenvalue weighted by Crippen LogP contribution is -2.00. The molecule has 276 valence electrons. The van der Waals surface area contributed by atoms with Crippen LogP contribution in [-0.4, -0.2) is 24.1 Å². The van der Waals surface area contributed by atoms with Gasteiger partial charge in [-0.25, -0.2) is 15.0 Å². The van der Waals surface area contributed by atoms with Crippen molar-refractivity contribution < 1.29 is 0 Å². The summed E-state index contributed by atoms with van der Waals surface area (Å²) in [5.74, 6) is 1.94. The van der Waals surface area contributed by atoms with Crippen LogP contribution in [0.15, 0.2) is 200 Å². The van der Waals surface area contributed by atoms with Crippen LogP contribution in [0.1, 0.15) is 0 Å². The number of fused-ring (bicyclic) bond motifs is 7. The summed E-state index contributed by atoms with van der Waals surface area (Å²) in [6, 6.07) is 68.8. The molecule has 4 aromatic heterocycles. The third kappa shape index (κ3) is 5.64. The zero-order chi connectivity index (χ0) is 38.9. The van der Waals surface area contributed by atoms with Crippen molar-refractivity contribution in [2.45, 2.75) is 0 Å². The van der Waals surface area contributed by atoms with Crippen molar-refractivity contribution in [3.05, 3.63) is 200 Å². The highest BCUT2D eigenvalue weighted by molar-refractivity contribution is 7.25. The minimum Gasteiger partial charge on any atom is -0.316 e. The predicted molar refractivity (Wildman–Crippen MR) is 246 cm³/mol. The highest BCUT2D eigenvalue weighted by Crippen LogP contribution is 2.42. The molecule has 12 rings (SSSR count). The zero-order valence-electron chi connectivity index (χ0n) is 31.7. The predicted octanol–water partition coefficient (Wildman–Crippen LogP) is 13.9. The van der Waals surface area contributed by atoms with E-state index in [2.05, 4.69) is 149 Å². The van der Waals surface area contributed by atoms with Crippen LogP contribution in [0.3, 0.4) is 0 Å². The Labute approximate surface area is 343 Å². The summed E-state index contributed by atoms with van der Waals surface area (Å²) in [5.41, 5.74) is 10.9. The largest absolute Gasteiger partial charge is 0.316 e. The van der Waals surface area contributed by atoms with Gasteiger partial charge >= 0.3 is 0 Å². The molecule has 6 heteroatoms. The molecule has 0 saturated carbocycles. The van der Waals surface area contributed by atoms with Crippen LogP contribution in [-0.2, 0) is 0 Å². The monoisotopic (exact) mass is 771 g/mol. The first-order valence-corrected chi connectivity index (χ1v) is 20.6. The molecule has 12 aromatic rings. The second-order valence-electron chi connectivity index (χ2n) is 14.9. The maximum absolute atomic E-state index is 4.99. The molecule has 0 amide bonds. The van der Waals surface area contributed by atoms with E-state index >= 15 is 0 Å². The SMILES string of the molecule is c1ccc(-c2nc(-c3ccccc3)nc(-c3cccc(-c4ccc(-n5c6cc7c(cc6c6cc8ccn(-c9ccccc9)c8cc65)sc5ccccc57)cc4)c3)n2)cc1. The summed E-state index contributed by atoms with van der Waals surface area (Å²) in [4.78, 5) is 14.9. The van der Waals surface area contributed by atoms with Crippen LogP contribution >= 0.6 is 11.3 Å². The summed E-state index contributed by atoms with van der Waals surface area (Å²) >= 11 is 1.87. The Morgan fingerprint density at radius 2 is 0.932 bits per heavy atom. The van der Waals surface area contributed by atoms with E-state index < -0.39 is 0 Å². The molecule has 0 aliphatic rings. The maximum atomic E-state index is 4.99. The van der Waals surface area contributed by atoms with Crippen molar-refractivity contribution in [2.75, 3.05) is 0 Å². The van der Waals surface area contributed by atoms with E-state index in [1.165, 1.54) is 52.9 Å². The molecular formula is C53H33N5S. The summed E-state index contributed by atoms with van der Waals surface area (Å²) in [6.45, 7) is 0. The number of hydrogen-bond acceptors (Lipinski definition) is 4. The molecule has 0 spiro atoms. The van der Waals surface area contributed by atoms with Gasteiger partial charge in [0.25, 0.3) is 0 Å². The summed E-state index contributed by atoms with van der Waals surface area (Å²) < 4.78 is 7.35. The molecule has 8 aromatic carbocycles. The van der Waals surface area contributed by atoms with Gasteiger partial charge in [0.1, 0.15) is 0 Å². The van der Waals surface area contributed by atoms with Gasteiger partial charge in [-0.05, 0) is 77.9 Å². The van der Waals surface area contributed by atoms with Crippen molar-refractivity contribution in [3.63, 3.8) is 0 Å². The van der Waals surface area contributed by atoms with Crippen LogP contribution < -0.4 is 0 Å². The van der Waals surface area contributed by atoms with Gasteiger partial charge in [0.2, 0.25) is 0 Å². The van der Waals surface area contributed by atoms with Gasteiger partial charge in [0.15, 0.2) is 17.5 Å². The van der Waals surface area contributed by atoms with E-state index in [4.69, 9.17) is 15.0 Å². The van der Waals surface area contributed by atoms with Crippen molar-refractivity contribution in [3.8, 4) is 56.7 Å². The number of hydrogen-bond donors (Lipinski definition) is 0. The fourth-order valence-electron chi connectivity index (χ4n) is 8.53. The number of thiophene rings is 1. The molecule has 5 nitrogen and oxygen atoms in total. The van der Waals surface area contributed by atoms with E-state index in [9.17, 15) is 0 Å². The molecule has 0 unspecified atom stereocenters. The lowest BCUT2D eigenvalue weighted by molar-refractivity contribution is 1.07. The van der Waals surface area contributed by atoms with E-state index in [-0.39, 0.29) is 0 Å². The van der Waals surface area contributed by atoms with Gasteiger partial charge in [0.05, 0.1) is 16.6 Å². The van der Waals surface area contributed by atoms with Gasteiger partial charge in [0, 0.05) is 70.6 Å². The van der Waals surface area contributed by atoms with Gasteiger partial charge in [-0.15, -0.1) is 11.3 Å². The highest BCUT2D eigenvalue weighted by atomic mass is 32.1. The smallest absolute Gasteiger partial charge is 0.164 e. The third-order valence-electron chi connectivity index (χ3n) is 11.4. The maximum Gasteiger partial charge on any atom is 0.164 e. The second-order valence-corrected chi connectivity index (χ2v) is 16.0. The van der Waals surface area contributed by atoms with Crippen LogP contribution in [0.4, 0.5) is 0 Å². The van der Waals surface area contributed by atoms with Gasteiger partial charge < -0.3 is 9.13 Å². The minimum atomic E-state index is 0.639. The van der Waals surface area contributed by atoms with E-state index in [1.54, 1.807) is 0 Å². The van der Waals surface area contributed by atoms with Crippen molar-refractivity contribution in [1.82, 2.24) is 24.1 Å². The Morgan fingerprint density at radius 3 is 1.66 bits per heavy atom. The molecule has 0 saturated heterocycles. The summed E-state index contributed by atoms with van der Waals surface area (Å²) in [5, 5.41) is 6.31. The average Bonchev–Trinajstić information content (AvgIpc) is 3.99. The third-order valence-corrected chi connectivity index (χ3v) is 12.5. The first kappa shape index (κ1) is 33.5. The van der Waals surface area contributed by atoms with Crippen molar-refractivity contribution in [2.24, 2.45) is 0 Å². The Hall–Kier alpha value is -7.67. The molecule has 0 aliphatic heterocycles. The Balaban J connectivity index is 1.00. The first-order chi connectivity index (χ1) is 29.2. The summed E-state index contributed by atoms with van der Waals surface area (Å²) in [7, 11) is 0. The average molecular weight is 772 g/mol. The highest BCUT2D eigenvalue weighted by Gasteiger charge is 2.19. The zero-order valence-corrected chi connectivity index (χ0v) is 32.5. The van der Waals surface area contributed by atoms with Gasteiger partial charge in [-0.1, -0.05) is 127 Å². The second kappa shape index (κ2) is 13.5. The van der Waals surface area contributed by atoms with E-state index in [0.717, 1.165) is 39.2 Å². The normalized spacial score (nSPS) is 11.7. The Kier molecular flexibility index (Phi) is 7.64. The molecule has 0 atom stereocenters. The molecular weight excluding hydrogens is 739 g/mol. The molecule has 59 heavy (non-hydrogen) atoms. The molecule has 4 heterocycles. The number of nitrogens with zero attached hydrogens (tertiary/aromatic N) is 5. The number of rotatable bonds is 6. The molecule has 0 aliphatic carbocycles.